The van der Waals surface area contributed by atoms with Crippen LogP contribution in [0.4, 0.5) is 0 Å². The molecule has 0 aromatic heterocycles. The highest BCUT2D eigenvalue weighted by Gasteiger charge is 2.14. The van der Waals surface area contributed by atoms with Crippen molar-refractivity contribution in [3.63, 3.8) is 0 Å². The van der Waals surface area contributed by atoms with E-state index in [9.17, 15) is 0 Å². The van der Waals surface area contributed by atoms with Gasteiger partial charge in [0.2, 0.25) is 0 Å². The Balaban J connectivity index is -0.000000174. The largest absolute Gasteiger partial charge is 0.393 e. The quantitative estimate of drug-likeness (QED) is 0.609. The van der Waals surface area contributed by atoms with Gasteiger partial charge < -0.3 is 5.11 Å². The summed E-state index contributed by atoms with van der Waals surface area (Å²) in [4.78, 5) is 0. The molecule has 0 heterocycles. The van der Waals surface area contributed by atoms with Gasteiger partial charge in [0.15, 0.2) is 0 Å². The maximum Gasteiger partial charge on any atom is 0.0540 e. The van der Waals surface area contributed by atoms with Crippen LogP contribution in [0.5, 0.6) is 0 Å². The fourth-order valence-corrected chi connectivity index (χ4v) is 1.24. The monoisotopic (exact) mass is 204 g/mol. The number of hydrogen-bond donors (Lipinski definition) is 1. The van der Waals surface area contributed by atoms with Gasteiger partial charge in [0.1, 0.15) is 0 Å². The molecule has 0 aliphatic heterocycles. The summed E-state index contributed by atoms with van der Waals surface area (Å²) in [6.07, 6.45) is 4.52. The molecule has 0 radical (unpaired) electrons. The molecule has 1 fully saturated rings. The SMILES string of the molecule is CC.CC.CC.CC1CCC(O)CC1. The lowest BCUT2D eigenvalue weighted by Gasteiger charge is -2.21. The summed E-state index contributed by atoms with van der Waals surface area (Å²) in [5, 5.41) is 9.03. The van der Waals surface area contributed by atoms with E-state index in [2.05, 4.69) is 6.92 Å². The molecule has 0 unspecified atom stereocenters. The molecule has 0 spiro atoms. The maximum absolute atomic E-state index is 9.03. The number of rotatable bonds is 0. The predicted molar refractivity (Wildman–Crippen MR) is 67.7 cm³/mol. The van der Waals surface area contributed by atoms with Gasteiger partial charge in [-0.1, -0.05) is 48.5 Å². The predicted octanol–water partition coefficient (Wildman–Crippen LogP) is 4.64. The van der Waals surface area contributed by atoms with E-state index < -0.39 is 0 Å². The normalized spacial score (nSPS) is 24.0. The Morgan fingerprint density at radius 3 is 1.21 bits per heavy atom. The topological polar surface area (TPSA) is 20.2 Å². The van der Waals surface area contributed by atoms with Gasteiger partial charge in [0.25, 0.3) is 0 Å². The zero-order valence-corrected chi connectivity index (χ0v) is 11.4. The van der Waals surface area contributed by atoms with Crippen molar-refractivity contribution in [3.8, 4) is 0 Å². The van der Waals surface area contributed by atoms with E-state index >= 15 is 0 Å². The first-order chi connectivity index (χ1) is 6.79. The molecule has 0 aromatic carbocycles. The van der Waals surface area contributed by atoms with Crippen LogP contribution in [0.2, 0.25) is 0 Å². The third-order valence-electron chi connectivity index (χ3n) is 1.99. The molecule has 1 heteroatoms. The van der Waals surface area contributed by atoms with E-state index in [0.717, 1.165) is 18.8 Å². The standard InChI is InChI=1S/C7H14O.3C2H6/c1-6-2-4-7(8)5-3-6;3*1-2/h6-8H,2-5H2,1H3;3*1-2H3. The second-order valence-electron chi connectivity index (χ2n) is 2.91. The summed E-state index contributed by atoms with van der Waals surface area (Å²) in [7, 11) is 0. The molecule has 0 aromatic rings. The van der Waals surface area contributed by atoms with Crippen LogP contribution >= 0.6 is 0 Å². The van der Waals surface area contributed by atoms with Crippen molar-refractivity contribution >= 4 is 0 Å². The van der Waals surface area contributed by atoms with Crippen LogP contribution in [-0.2, 0) is 0 Å². The molecule has 1 aliphatic carbocycles. The second kappa shape index (κ2) is 18.7. The van der Waals surface area contributed by atoms with Crippen LogP contribution in [0.1, 0.15) is 74.1 Å². The van der Waals surface area contributed by atoms with Crippen molar-refractivity contribution < 1.29 is 5.11 Å². The van der Waals surface area contributed by atoms with Gasteiger partial charge in [-0.25, -0.2) is 0 Å². The minimum absolute atomic E-state index is 0.0196. The lowest BCUT2D eigenvalue weighted by molar-refractivity contribution is 0.112. The Labute approximate surface area is 91.9 Å². The average Bonchev–Trinajstić information content (AvgIpc) is 2.31. The molecule has 0 bridgehead atoms. The zero-order chi connectivity index (χ0) is 12.0. The third kappa shape index (κ3) is 14.5. The Morgan fingerprint density at radius 2 is 1.00 bits per heavy atom. The van der Waals surface area contributed by atoms with Gasteiger partial charge in [0.05, 0.1) is 6.10 Å². The first-order valence-corrected chi connectivity index (χ1v) is 6.47. The summed E-state index contributed by atoms with van der Waals surface area (Å²) in [6, 6.07) is 0. The van der Waals surface area contributed by atoms with Crippen LogP contribution in [-0.4, -0.2) is 11.2 Å². The third-order valence-corrected chi connectivity index (χ3v) is 1.99. The minimum atomic E-state index is 0.0196. The van der Waals surface area contributed by atoms with E-state index in [0.29, 0.717) is 0 Å². The number of hydrogen-bond acceptors (Lipinski definition) is 1. The molecule has 1 saturated carbocycles. The van der Waals surface area contributed by atoms with Gasteiger partial charge >= 0.3 is 0 Å². The Kier molecular flexibility index (Phi) is 26.1. The van der Waals surface area contributed by atoms with Gasteiger partial charge in [0, 0.05) is 0 Å². The van der Waals surface area contributed by atoms with Crippen molar-refractivity contribution in [3.05, 3.63) is 0 Å². The van der Waals surface area contributed by atoms with Crippen LogP contribution in [0.15, 0.2) is 0 Å². The molecule has 1 aliphatic rings. The van der Waals surface area contributed by atoms with E-state index in [1.807, 2.05) is 41.5 Å². The van der Waals surface area contributed by atoms with E-state index in [-0.39, 0.29) is 6.10 Å². The van der Waals surface area contributed by atoms with E-state index in [1.54, 1.807) is 0 Å². The maximum atomic E-state index is 9.03. The number of aliphatic hydroxyl groups is 1. The lowest BCUT2D eigenvalue weighted by Crippen LogP contribution is -2.15. The molecular formula is C13H32O. The second-order valence-corrected chi connectivity index (χ2v) is 2.91. The summed E-state index contributed by atoms with van der Waals surface area (Å²) in [6.45, 7) is 14.3. The zero-order valence-electron chi connectivity index (χ0n) is 11.4. The van der Waals surface area contributed by atoms with Crippen LogP contribution in [0, 0.1) is 5.92 Å². The van der Waals surface area contributed by atoms with Crippen molar-refractivity contribution in [2.75, 3.05) is 0 Å². The van der Waals surface area contributed by atoms with Gasteiger partial charge in [-0.15, -0.1) is 0 Å². The fraction of sp³-hybridized carbons (Fsp3) is 1.00. The molecule has 90 valence electrons. The molecule has 1 nitrogen and oxygen atoms in total. The highest BCUT2D eigenvalue weighted by Crippen LogP contribution is 2.22. The first kappa shape index (κ1) is 19.5. The number of aliphatic hydroxyl groups excluding tert-OH is 1. The molecule has 14 heavy (non-hydrogen) atoms. The van der Waals surface area contributed by atoms with E-state index in [1.165, 1.54) is 12.8 Å². The highest BCUT2D eigenvalue weighted by atomic mass is 16.3. The molecule has 0 atom stereocenters. The summed E-state index contributed by atoms with van der Waals surface area (Å²) in [5.41, 5.74) is 0. The van der Waals surface area contributed by atoms with Crippen LogP contribution in [0.3, 0.4) is 0 Å². The van der Waals surface area contributed by atoms with Gasteiger partial charge in [-0.2, -0.15) is 0 Å². The Morgan fingerprint density at radius 1 is 0.714 bits per heavy atom. The van der Waals surface area contributed by atoms with E-state index in [4.69, 9.17) is 5.11 Å². The molecular weight excluding hydrogens is 172 g/mol. The van der Waals surface area contributed by atoms with Crippen molar-refractivity contribution in [1.82, 2.24) is 0 Å². The van der Waals surface area contributed by atoms with Crippen LogP contribution < -0.4 is 0 Å². The van der Waals surface area contributed by atoms with Crippen molar-refractivity contribution in [2.24, 2.45) is 5.92 Å². The highest BCUT2D eigenvalue weighted by molar-refractivity contribution is 4.67. The van der Waals surface area contributed by atoms with Gasteiger partial charge in [-0.05, 0) is 31.6 Å². The van der Waals surface area contributed by atoms with Crippen LogP contribution in [0.25, 0.3) is 0 Å². The first-order valence-electron chi connectivity index (χ1n) is 6.47. The molecule has 1 rings (SSSR count). The summed E-state index contributed by atoms with van der Waals surface area (Å²) in [5.74, 6) is 0.860. The lowest BCUT2D eigenvalue weighted by atomic mass is 9.89. The van der Waals surface area contributed by atoms with Crippen molar-refractivity contribution in [2.45, 2.75) is 80.3 Å². The average molecular weight is 204 g/mol. The Hall–Kier alpha value is -0.0400. The fourth-order valence-electron chi connectivity index (χ4n) is 1.24. The minimum Gasteiger partial charge on any atom is -0.393 e. The molecule has 0 amide bonds. The Bertz CT molecular complexity index is 53.6. The smallest absolute Gasteiger partial charge is 0.0540 e. The van der Waals surface area contributed by atoms with Crippen molar-refractivity contribution in [1.29, 1.82) is 0 Å². The molecule has 0 saturated heterocycles. The van der Waals surface area contributed by atoms with Gasteiger partial charge in [-0.3, -0.25) is 0 Å². The summed E-state index contributed by atoms with van der Waals surface area (Å²) >= 11 is 0. The summed E-state index contributed by atoms with van der Waals surface area (Å²) < 4.78 is 0. The molecule has 1 N–H and O–H groups in total.